The Morgan fingerprint density at radius 3 is 2.67 bits per heavy atom. The zero-order valence-corrected chi connectivity index (χ0v) is 12.8. The fraction of sp³-hybridized carbons (Fsp3) is 0.111. The molecule has 0 unspecified atom stereocenters. The zero-order valence-electron chi connectivity index (χ0n) is 12.8. The van der Waals surface area contributed by atoms with Gasteiger partial charge in [0.15, 0.2) is 0 Å². The van der Waals surface area contributed by atoms with Gasteiger partial charge in [-0.2, -0.15) is 0 Å². The number of carbonyl (C=O) groups is 1. The van der Waals surface area contributed by atoms with E-state index in [9.17, 15) is 9.90 Å². The number of hydrogen-bond donors (Lipinski definition) is 3. The lowest BCUT2D eigenvalue weighted by Crippen LogP contribution is -2.20. The summed E-state index contributed by atoms with van der Waals surface area (Å²) in [5, 5.41) is 21.4. The van der Waals surface area contributed by atoms with E-state index in [1.54, 1.807) is 18.2 Å². The van der Waals surface area contributed by atoms with Gasteiger partial charge in [0.25, 0.3) is 0 Å². The van der Waals surface area contributed by atoms with E-state index in [1.807, 2.05) is 30.3 Å². The van der Waals surface area contributed by atoms with Gasteiger partial charge in [0.1, 0.15) is 18.1 Å². The fourth-order valence-electron chi connectivity index (χ4n) is 2.35. The number of nitrogens with one attached hydrogen (secondary N) is 1. The molecule has 24 heavy (non-hydrogen) atoms. The number of hydrogen-bond acceptors (Lipinski definition) is 4. The summed E-state index contributed by atoms with van der Waals surface area (Å²) in [4.78, 5) is 15.1. The molecular weight excluding hydrogens is 308 g/mol. The number of phenols is 1. The van der Waals surface area contributed by atoms with Crippen molar-refractivity contribution >= 4 is 17.0 Å². The smallest absolute Gasteiger partial charge is 0.404 e. The Labute approximate surface area is 138 Å². The minimum absolute atomic E-state index is 0.0772. The Balaban J connectivity index is 1.92. The number of benzene rings is 2. The second-order valence-corrected chi connectivity index (χ2v) is 5.25. The van der Waals surface area contributed by atoms with Crippen LogP contribution in [0.25, 0.3) is 10.9 Å². The van der Waals surface area contributed by atoms with Crippen molar-refractivity contribution in [3.8, 4) is 11.5 Å². The highest BCUT2D eigenvalue weighted by Gasteiger charge is 2.09. The molecular formula is C18H16N2O4. The van der Waals surface area contributed by atoms with E-state index >= 15 is 0 Å². The van der Waals surface area contributed by atoms with Gasteiger partial charge in [0.05, 0.1) is 17.8 Å². The summed E-state index contributed by atoms with van der Waals surface area (Å²) in [6.45, 7) is 0.440. The quantitative estimate of drug-likeness (QED) is 0.670. The van der Waals surface area contributed by atoms with Crippen LogP contribution in [0.2, 0.25) is 0 Å². The van der Waals surface area contributed by atoms with Crippen molar-refractivity contribution in [3.05, 3.63) is 65.9 Å². The number of aromatic hydroxyl groups is 1. The first-order valence-corrected chi connectivity index (χ1v) is 7.38. The molecule has 0 aliphatic rings. The van der Waals surface area contributed by atoms with Crippen molar-refractivity contribution in [2.24, 2.45) is 0 Å². The Kier molecular flexibility index (Phi) is 4.47. The van der Waals surface area contributed by atoms with Crippen LogP contribution >= 0.6 is 0 Å². The van der Waals surface area contributed by atoms with Crippen LogP contribution in [0.5, 0.6) is 11.5 Å². The maximum Gasteiger partial charge on any atom is 0.404 e. The first-order valence-electron chi connectivity index (χ1n) is 7.38. The highest BCUT2D eigenvalue weighted by molar-refractivity contribution is 5.86. The lowest BCUT2D eigenvalue weighted by molar-refractivity contribution is 0.194. The molecule has 3 aromatic rings. The van der Waals surface area contributed by atoms with Gasteiger partial charge in [-0.25, -0.2) is 4.79 Å². The minimum atomic E-state index is -1.12. The molecule has 0 aliphatic carbocycles. The predicted octanol–water partition coefficient (Wildman–Crippen LogP) is 3.29. The van der Waals surface area contributed by atoms with Crippen LogP contribution in [0.4, 0.5) is 4.79 Å². The van der Waals surface area contributed by atoms with Crippen LogP contribution in [-0.4, -0.2) is 21.3 Å². The SMILES string of the molecule is O=C(O)NCc1cc(OCc2ccccc2)c2cc(O)ccc2n1. The number of ether oxygens (including phenoxy) is 1. The molecule has 6 heteroatoms. The van der Waals surface area contributed by atoms with Crippen LogP contribution < -0.4 is 10.1 Å². The second kappa shape index (κ2) is 6.87. The number of phenolic OH excluding ortho intramolecular Hbond substituents is 1. The van der Waals surface area contributed by atoms with Crippen LogP contribution in [0.1, 0.15) is 11.3 Å². The average molecular weight is 324 g/mol. The van der Waals surface area contributed by atoms with E-state index < -0.39 is 6.09 Å². The van der Waals surface area contributed by atoms with Crippen molar-refractivity contribution < 1.29 is 19.7 Å². The van der Waals surface area contributed by atoms with Crippen LogP contribution in [0, 0.1) is 0 Å². The standard InChI is InChI=1S/C18H16N2O4/c21-14-6-7-16-15(9-14)17(8-13(20-16)10-19-18(22)23)24-11-12-4-2-1-3-5-12/h1-9,19,21H,10-11H2,(H,22,23). The fourth-order valence-corrected chi connectivity index (χ4v) is 2.35. The topological polar surface area (TPSA) is 91.7 Å². The van der Waals surface area contributed by atoms with Crippen molar-refractivity contribution in [2.45, 2.75) is 13.2 Å². The summed E-state index contributed by atoms with van der Waals surface area (Å²) < 4.78 is 5.88. The van der Waals surface area contributed by atoms with Gasteiger partial charge in [0, 0.05) is 11.5 Å². The maximum absolute atomic E-state index is 10.7. The van der Waals surface area contributed by atoms with E-state index in [1.165, 1.54) is 6.07 Å². The Morgan fingerprint density at radius 2 is 1.92 bits per heavy atom. The number of carboxylic acid groups (broad SMARTS) is 1. The summed E-state index contributed by atoms with van der Waals surface area (Å²) in [6.07, 6.45) is -1.12. The summed E-state index contributed by atoms with van der Waals surface area (Å²) >= 11 is 0. The first kappa shape index (κ1) is 15.6. The highest BCUT2D eigenvalue weighted by Crippen LogP contribution is 2.29. The molecule has 0 saturated carbocycles. The molecule has 0 bridgehead atoms. The van der Waals surface area contributed by atoms with Crippen molar-refractivity contribution in [3.63, 3.8) is 0 Å². The van der Waals surface area contributed by atoms with Crippen LogP contribution in [0.15, 0.2) is 54.6 Å². The van der Waals surface area contributed by atoms with Gasteiger partial charge in [-0.15, -0.1) is 0 Å². The Bertz CT molecular complexity index is 866. The van der Waals surface area contributed by atoms with Gasteiger partial charge in [-0.3, -0.25) is 4.98 Å². The van der Waals surface area contributed by atoms with Gasteiger partial charge in [-0.05, 0) is 23.8 Å². The highest BCUT2D eigenvalue weighted by atomic mass is 16.5. The van der Waals surface area contributed by atoms with E-state index in [0.29, 0.717) is 29.0 Å². The molecule has 3 N–H and O–H groups in total. The maximum atomic E-state index is 10.7. The Hall–Kier alpha value is -3.28. The average Bonchev–Trinajstić information content (AvgIpc) is 2.59. The van der Waals surface area contributed by atoms with E-state index in [0.717, 1.165) is 5.56 Å². The van der Waals surface area contributed by atoms with Gasteiger partial charge >= 0.3 is 6.09 Å². The molecule has 0 radical (unpaired) electrons. The number of aromatic nitrogens is 1. The summed E-state index contributed by atoms with van der Waals surface area (Å²) in [6, 6.07) is 16.2. The predicted molar refractivity (Wildman–Crippen MR) is 89.0 cm³/mol. The largest absolute Gasteiger partial charge is 0.508 e. The molecule has 1 heterocycles. The Morgan fingerprint density at radius 1 is 1.12 bits per heavy atom. The van der Waals surface area contributed by atoms with Crippen molar-refractivity contribution in [1.82, 2.24) is 10.3 Å². The molecule has 3 rings (SSSR count). The molecule has 122 valence electrons. The molecule has 0 fully saturated rings. The molecule has 0 spiro atoms. The summed E-state index contributed by atoms with van der Waals surface area (Å²) in [7, 11) is 0. The van der Waals surface area contributed by atoms with Crippen LogP contribution in [-0.2, 0) is 13.2 Å². The third kappa shape index (κ3) is 3.73. The summed E-state index contributed by atoms with van der Waals surface area (Å²) in [5.74, 6) is 0.659. The normalized spacial score (nSPS) is 10.5. The molecule has 0 saturated heterocycles. The lowest BCUT2D eigenvalue weighted by Gasteiger charge is -2.12. The van der Waals surface area contributed by atoms with E-state index in [4.69, 9.17) is 9.84 Å². The summed E-state index contributed by atoms with van der Waals surface area (Å²) in [5.41, 5.74) is 2.17. The van der Waals surface area contributed by atoms with E-state index in [2.05, 4.69) is 10.3 Å². The zero-order chi connectivity index (χ0) is 16.9. The third-order valence-corrected chi connectivity index (χ3v) is 3.47. The van der Waals surface area contributed by atoms with Gasteiger partial charge < -0.3 is 20.3 Å². The minimum Gasteiger partial charge on any atom is -0.508 e. The number of pyridine rings is 1. The third-order valence-electron chi connectivity index (χ3n) is 3.47. The molecule has 1 aromatic heterocycles. The number of rotatable bonds is 5. The monoisotopic (exact) mass is 324 g/mol. The first-order chi connectivity index (χ1) is 11.6. The number of amides is 1. The molecule has 2 aromatic carbocycles. The van der Waals surface area contributed by atoms with E-state index in [-0.39, 0.29) is 12.3 Å². The number of fused-ring (bicyclic) bond motifs is 1. The number of nitrogens with zero attached hydrogens (tertiary/aromatic N) is 1. The van der Waals surface area contributed by atoms with Gasteiger partial charge in [0.2, 0.25) is 0 Å². The molecule has 1 amide bonds. The van der Waals surface area contributed by atoms with Gasteiger partial charge in [-0.1, -0.05) is 30.3 Å². The van der Waals surface area contributed by atoms with Crippen molar-refractivity contribution in [2.75, 3.05) is 0 Å². The lowest BCUT2D eigenvalue weighted by atomic mass is 10.1. The molecule has 0 aliphatic heterocycles. The second-order valence-electron chi connectivity index (χ2n) is 5.25. The molecule has 6 nitrogen and oxygen atoms in total. The molecule has 0 atom stereocenters. The van der Waals surface area contributed by atoms with Crippen LogP contribution in [0.3, 0.4) is 0 Å². The van der Waals surface area contributed by atoms with Crippen molar-refractivity contribution in [1.29, 1.82) is 0 Å².